The first-order valence-electron chi connectivity index (χ1n) is 6.16. The zero-order valence-electron chi connectivity index (χ0n) is 11.0. The van der Waals surface area contributed by atoms with Crippen molar-refractivity contribution in [3.63, 3.8) is 0 Å². The average Bonchev–Trinajstić information content (AvgIpc) is 2.45. The van der Waals surface area contributed by atoms with Crippen LogP contribution in [0.5, 0.6) is 5.75 Å². The number of ketones is 1. The molecule has 1 unspecified atom stereocenters. The van der Waals surface area contributed by atoms with Gasteiger partial charge in [-0.1, -0.05) is 24.3 Å². The van der Waals surface area contributed by atoms with Crippen molar-refractivity contribution in [3.8, 4) is 11.8 Å². The van der Waals surface area contributed by atoms with Gasteiger partial charge < -0.3 is 4.74 Å². The minimum absolute atomic E-state index is 0.00657. The number of benzene rings is 2. The predicted molar refractivity (Wildman–Crippen MR) is 74.2 cm³/mol. The summed E-state index contributed by atoms with van der Waals surface area (Å²) in [6.45, 7) is 1.75. The van der Waals surface area contributed by atoms with Crippen molar-refractivity contribution in [1.29, 1.82) is 5.26 Å². The molecule has 0 aliphatic rings. The van der Waals surface area contributed by atoms with E-state index in [2.05, 4.69) is 6.07 Å². The summed E-state index contributed by atoms with van der Waals surface area (Å²) in [6.07, 6.45) is 0.243. The Morgan fingerprint density at radius 2 is 1.95 bits per heavy atom. The Morgan fingerprint density at radius 3 is 2.58 bits per heavy atom. The van der Waals surface area contributed by atoms with E-state index in [0.29, 0.717) is 5.56 Å². The molecule has 19 heavy (non-hydrogen) atoms. The van der Waals surface area contributed by atoms with Gasteiger partial charge in [0.15, 0.2) is 5.78 Å². The van der Waals surface area contributed by atoms with E-state index in [1.54, 1.807) is 26.2 Å². The number of Topliss-reactive ketones (excluding diaryl/α,β-unsaturated/α-hetero) is 1. The first kappa shape index (κ1) is 13.1. The molecule has 0 N–H and O–H groups in total. The molecule has 0 saturated heterocycles. The Hall–Kier alpha value is -2.34. The van der Waals surface area contributed by atoms with E-state index in [-0.39, 0.29) is 18.1 Å². The molecule has 0 aliphatic carbocycles. The van der Waals surface area contributed by atoms with E-state index in [0.717, 1.165) is 16.5 Å². The van der Waals surface area contributed by atoms with Crippen LogP contribution in [0.3, 0.4) is 0 Å². The lowest BCUT2D eigenvalue weighted by Crippen LogP contribution is -2.05. The van der Waals surface area contributed by atoms with Crippen LogP contribution in [-0.2, 0) is 0 Å². The first-order chi connectivity index (χ1) is 9.17. The molecule has 0 radical (unpaired) electrons. The van der Waals surface area contributed by atoms with Crippen LogP contribution in [0.2, 0.25) is 0 Å². The van der Waals surface area contributed by atoms with E-state index < -0.39 is 0 Å². The number of ether oxygens (including phenoxy) is 1. The Labute approximate surface area is 112 Å². The summed E-state index contributed by atoms with van der Waals surface area (Å²) in [5, 5.41) is 10.6. The summed E-state index contributed by atoms with van der Waals surface area (Å²) in [4.78, 5) is 12.2. The van der Waals surface area contributed by atoms with Crippen LogP contribution in [0.4, 0.5) is 0 Å². The van der Waals surface area contributed by atoms with Gasteiger partial charge in [-0.3, -0.25) is 4.79 Å². The molecule has 96 valence electrons. The zero-order valence-corrected chi connectivity index (χ0v) is 11.0. The summed E-state index contributed by atoms with van der Waals surface area (Å²) < 4.78 is 5.30. The number of methoxy groups -OCH3 is 1. The maximum atomic E-state index is 12.2. The van der Waals surface area contributed by atoms with Crippen molar-refractivity contribution >= 4 is 16.6 Å². The van der Waals surface area contributed by atoms with Gasteiger partial charge in [-0.25, -0.2) is 0 Å². The minimum Gasteiger partial charge on any atom is -0.496 e. The summed E-state index contributed by atoms with van der Waals surface area (Å²) >= 11 is 0. The van der Waals surface area contributed by atoms with Gasteiger partial charge in [-0.2, -0.15) is 5.26 Å². The molecular formula is C16H15NO2. The molecule has 2 rings (SSSR count). The Morgan fingerprint density at radius 1 is 1.26 bits per heavy atom. The first-order valence-corrected chi connectivity index (χ1v) is 6.16. The van der Waals surface area contributed by atoms with E-state index in [9.17, 15) is 4.79 Å². The number of carbonyl (C=O) groups is 1. The topological polar surface area (TPSA) is 50.1 Å². The molecule has 0 aliphatic heterocycles. The van der Waals surface area contributed by atoms with Crippen molar-refractivity contribution in [1.82, 2.24) is 0 Å². The number of rotatable bonds is 4. The molecule has 0 amide bonds. The van der Waals surface area contributed by atoms with Crippen LogP contribution in [0.15, 0.2) is 36.4 Å². The third-order valence-corrected chi connectivity index (χ3v) is 3.12. The lowest BCUT2D eigenvalue weighted by Gasteiger charge is -2.10. The highest BCUT2D eigenvalue weighted by Crippen LogP contribution is 2.29. The van der Waals surface area contributed by atoms with Crippen molar-refractivity contribution in [2.75, 3.05) is 7.11 Å². The molecule has 1 atom stereocenters. The quantitative estimate of drug-likeness (QED) is 0.782. The molecule has 0 saturated carbocycles. The standard InChI is InChI=1S/C16H15NO2/c1-11(10-17)9-15(18)13-7-8-16(19-2)14-6-4-3-5-12(13)14/h3-8,11H,9H2,1-2H3. The van der Waals surface area contributed by atoms with Gasteiger partial charge in [0.05, 0.1) is 19.1 Å². The second-order valence-corrected chi connectivity index (χ2v) is 4.52. The van der Waals surface area contributed by atoms with E-state index in [4.69, 9.17) is 10.00 Å². The van der Waals surface area contributed by atoms with Crippen LogP contribution in [-0.4, -0.2) is 12.9 Å². The smallest absolute Gasteiger partial charge is 0.164 e. The van der Waals surface area contributed by atoms with Crippen molar-refractivity contribution in [2.45, 2.75) is 13.3 Å². The summed E-state index contributed by atoms with van der Waals surface area (Å²) in [5.41, 5.74) is 0.651. The highest BCUT2D eigenvalue weighted by atomic mass is 16.5. The molecule has 0 aromatic heterocycles. The predicted octanol–water partition coefficient (Wildman–Crippen LogP) is 3.58. The van der Waals surface area contributed by atoms with Gasteiger partial charge >= 0.3 is 0 Å². The number of nitrogens with zero attached hydrogens (tertiary/aromatic N) is 1. The number of hydrogen-bond acceptors (Lipinski definition) is 3. The summed E-state index contributed by atoms with van der Waals surface area (Å²) in [5.74, 6) is 0.474. The molecule has 3 heteroatoms. The minimum atomic E-state index is -0.270. The second-order valence-electron chi connectivity index (χ2n) is 4.52. The maximum Gasteiger partial charge on any atom is 0.164 e. The van der Waals surface area contributed by atoms with Crippen LogP contribution in [0, 0.1) is 17.2 Å². The molecular weight excluding hydrogens is 238 g/mol. The highest BCUT2D eigenvalue weighted by Gasteiger charge is 2.15. The van der Waals surface area contributed by atoms with Crippen molar-refractivity contribution in [2.24, 2.45) is 5.92 Å². The number of carbonyl (C=O) groups excluding carboxylic acids is 1. The molecule has 0 fully saturated rings. The Bertz CT molecular complexity index is 655. The van der Waals surface area contributed by atoms with Gasteiger partial charge in [0.25, 0.3) is 0 Å². The summed E-state index contributed by atoms with van der Waals surface area (Å²) in [6, 6.07) is 13.3. The van der Waals surface area contributed by atoms with Gasteiger partial charge in [0, 0.05) is 17.4 Å². The molecule has 0 spiro atoms. The largest absolute Gasteiger partial charge is 0.496 e. The molecule has 3 nitrogen and oxygen atoms in total. The highest BCUT2D eigenvalue weighted by molar-refractivity contribution is 6.09. The van der Waals surface area contributed by atoms with Gasteiger partial charge in [0.2, 0.25) is 0 Å². The van der Waals surface area contributed by atoms with Gasteiger partial charge in [-0.05, 0) is 24.4 Å². The van der Waals surface area contributed by atoms with E-state index in [1.165, 1.54) is 0 Å². The normalized spacial score (nSPS) is 11.8. The van der Waals surface area contributed by atoms with Crippen LogP contribution < -0.4 is 4.74 Å². The van der Waals surface area contributed by atoms with E-state index >= 15 is 0 Å². The fourth-order valence-electron chi connectivity index (χ4n) is 2.13. The van der Waals surface area contributed by atoms with Gasteiger partial charge in [0.1, 0.15) is 5.75 Å². The molecule has 0 heterocycles. The molecule has 2 aromatic carbocycles. The number of nitriles is 1. The van der Waals surface area contributed by atoms with Crippen LogP contribution in [0.1, 0.15) is 23.7 Å². The van der Waals surface area contributed by atoms with Crippen molar-refractivity contribution < 1.29 is 9.53 Å². The van der Waals surface area contributed by atoms with Crippen LogP contribution in [0.25, 0.3) is 10.8 Å². The lowest BCUT2D eigenvalue weighted by atomic mass is 9.95. The number of hydrogen-bond donors (Lipinski definition) is 0. The van der Waals surface area contributed by atoms with Gasteiger partial charge in [-0.15, -0.1) is 0 Å². The Kier molecular flexibility index (Phi) is 3.82. The summed E-state index contributed by atoms with van der Waals surface area (Å²) in [7, 11) is 1.61. The molecule has 0 bridgehead atoms. The second kappa shape index (κ2) is 5.53. The van der Waals surface area contributed by atoms with E-state index in [1.807, 2.05) is 24.3 Å². The lowest BCUT2D eigenvalue weighted by molar-refractivity contribution is 0.0974. The SMILES string of the molecule is COc1ccc(C(=O)CC(C)C#N)c2ccccc12. The zero-order chi connectivity index (χ0) is 13.8. The third kappa shape index (κ3) is 2.58. The monoisotopic (exact) mass is 253 g/mol. The third-order valence-electron chi connectivity index (χ3n) is 3.12. The fourth-order valence-corrected chi connectivity index (χ4v) is 2.13. The average molecular weight is 253 g/mol. The number of fused-ring (bicyclic) bond motifs is 1. The van der Waals surface area contributed by atoms with Crippen molar-refractivity contribution in [3.05, 3.63) is 42.0 Å². The maximum absolute atomic E-state index is 12.2. The fraction of sp³-hybridized carbons (Fsp3) is 0.250. The molecule has 2 aromatic rings. The van der Waals surface area contributed by atoms with Crippen LogP contribution >= 0.6 is 0 Å². The Balaban J connectivity index is 2.51.